The van der Waals surface area contributed by atoms with Crippen LogP contribution in [0.5, 0.6) is 0 Å². The topological polar surface area (TPSA) is 69.9 Å². The van der Waals surface area contributed by atoms with Crippen molar-refractivity contribution < 1.29 is 19.4 Å². The van der Waals surface area contributed by atoms with Crippen LogP contribution in [0.2, 0.25) is 23.3 Å². The van der Waals surface area contributed by atoms with Gasteiger partial charge in [0, 0.05) is 10.3 Å². The van der Waals surface area contributed by atoms with Crippen molar-refractivity contribution in [2.45, 2.75) is 102 Å². The molecule has 0 saturated carbocycles. The quantitative estimate of drug-likeness (QED) is 0.331. The largest absolute Gasteiger partial charge is 0.427 e. The monoisotopic (exact) mass is 440 g/mol. The number of aliphatic hydroxyl groups is 2. The molecule has 0 saturated heterocycles. The van der Waals surface area contributed by atoms with Crippen LogP contribution >= 0.6 is 0 Å². The molecule has 0 bridgehead atoms. The molecule has 3 N–H and O–H groups in total. The number of benzene rings is 1. The molecule has 0 fully saturated rings. The van der Waals surface area contributed by atoms with Gasteiger partial charge in [0.1, 0.15) is 0 Å². The molecule has 1 aromatic rings. The molecule has 1 rings (SSSR count). The minimum absolute atomic E-state index is 0.275. The number of hydrogen-bond donors (Lipinski definition) is 3. The number of rotatable bonds is 12. The average molecular weight is 441 g/mol. The molecule has 0 amide bonds. The van der Waals surface area contributed by atoms with E-state index in [1.54, 1.807) is 0 Å². The third-order valence-corrected chi connectivity index (χ3v) is 18.7. The highest BCUT2D eigenvalue weighted by Gasteiger charge is 2.61. The molecular formula is C23H44O4Si2. The summed E-state index contributed by atoms with van der Waals surface area (Å²) in [5, 5.41) is 21.2. The van der Waals surface area contributed by atoms with Gasteiger partial charge in [-0.05, 0) is 44.6 Å². The first-order chi connectivity index (χ1) is 13.3. The van der Waals surface area contributed by atoms with Crippen LogP contribution in [0.3, 0.4) is 0 Å². The predicted molar refractivity (Wildman–Crippen MR) is 127 cm³/mol. The summed E-state index contributed by atoms with van der Waals surface area (Å²) in [4.78, 5) is 12.0. The van der Waals surface area contributed by atoms with Crippen LogP contribution in [0.4, 0.5) is 0 Å². The molecular weight excluding hydrogens is 396 g/mol. The van der Waals surface area contributed by atoms with Crippen LogP contribution in [-0.2, 0) is 4.43 Å². The lowest BCUT2D eigenvalue weighted by Gasteiger charge is -2.53. The van der Waals surface area contributed by atoms with Crippen molar-refractivity contribution in [1.29, 1.82) is 0 Å². The second-order valence-electron chi connectivity index (χ2n) is 10.1. The Labute approximate surface area is 180 Å². The Morgan fingerprint density at radius 2 is 1.59 bits per heavy atom. The molecule has 0 radical (unpaired) electrons. The SMILES string of the molecule is CCCCCC[Si](CC(O)CO)(OC(C)(C)C)C(C)(C)[Si](C)(O)c1ccccc1. The third-order valence-electron chi connectivity index (χ3n) is 6.40. The van der Waals surface area contributed by atoms with E-state index in [1.165, 1.54) is 6.42 Å². The van der Waals surface area contributed by atoms with E-state index < -0.39 is 27.4 Å². The van der Waals surface area contributed by atoms with E-state index in [1.807, 2.05) is 36.9 Å². The molecule has 4 nitrogen and oxygen atoms in total. The van der Waals surface area contributed by atoms with Crippen LogP contribution in [0.15, 0.2) is 30.3 Å². The van der Waals surface area contributed by atoms with Crippen molar-refractivity contribution in [3.63, 3.8) is 0 Å². The highest BCUT2D eigenvalue weighted by atomic mass is 28.4. The Morgan fingerprint density at radius 1 is 1.00 bits per heavy atom. The molecule has 0 spiro atoms. The van der Waals surface area contributed by atoms with Crippen LogP contribution in [0, 0.1) is 0 Å². The molecule has 0 aliphatic carbocycles. The summed E-state index contributed by atoms with van der Waals surface area (Å²) in [6, 6.07) is 11.3. The summed E-state index contributed by atoms with van der Waals surface area (Å²) < 4.78 is 6.43. The zero-order valence-corrected chi connectivity index (χ0v) is 21.7. The van der Waals surface area contributed by atoms with Crippen LogP contribution in [0.25, 0.3) is 0 Å². The fourth-order valence-electron chi connectivity index (χ4n) is 4.33. The average Bonchev–Trinajstić information content (AvgIpc) is 2.64. The van der Waals surface area contributed by atoms with Crippen molar-refractivity contribution in [3.8, 4) is 0 Å². The lowest BCUT2D eigenvalue weighted by Crippen LogP contribution is -2.68. The minimum Gasteiger partial charge on any atom is -0.427 e. The van der Waals surface area contributed by atoms with Crippen LogP contribution in [-0.4, -0.2) is 50.0 Å². The highest BCUT2D eigenvalue weighted by molar-refractivity contribution is 7.01. The Kier molecular flexibility index (Phi) is 9.78. The van der Waals surface area contributed by atoms with Gasteiger partial charge in [0.25, 0.3) is 0 Å². The lowest BCUT2D eigenvalue weighted by atomic mass is 10.2. The molecule has 0 aliphatic heterocycles. The Bertz CT molecular complexity index is 599. The second kappa shape index (κ2) is 10.7. The first-order valence-corrected chi connectivity index (χ1v) is 15.9. The van der Waals surface area contributed by atoms with E-state index in [4.69, 9.17) is 4.43 Å². The number of unbranched alkanes of at least 4 members (excludes halogenated alkanes) is 3. The maximum Gasteiger partial charge on any atom is 0.222 e. The highest BCUT2D eigenvalue weighted by Crippen LogP contribution is 2.51. The smallest absolute Gasteiger partial charge is 0.222 e. The summed E-state index contributed by atoms with van der Waals surface area (Å²) in [7, 11) is -5.66. The maximum absolute atomic E-state index is 12.0. The van der Waals surface area contributed by atoms with Gasteiger partial charge >= 0.3 is 0 Å². The standard InChI is InChI=1S/C23H44O4Si2/c1-8-9-10-14-17-29(19-20(25)18-24,27-22(2,3)4)23(5,6)28(7,26)21-15-12-11-13-16-21/h11-13,15-16,20,24-26H,8-10,14,17-19H2,1-7H3. The normalized spacial score (nSPS) is 18.1. The first-order valence-electron chi connectivity index (χ1n) is 11.1. The van der Waals surface area contributed by atoms with Crippen molar-refractivity contribution >= 4 is 21.8 Å². The molecule has 0 heterocycles. The van der Waals surface area contributed by atoms with Gasteiger partial charge in [-0.15, -0.1) is 0 Å². The van der Waals surface area contributed by atoms with E-state index in [0.29, 0.717) is 6.04 Å². The van der Waals surface area contributed by atoms with Crippen molar-refractivity contribution in [2.24, 2.45) is 0 Å². The summed E-state index contributed by atoms with van der Waals surface area (Å²) in [5.74, 6) is 0. The zero-order valence-electron chi connectivity index (χ0n) is 19.7. The Morgan fingerprint density at radius 3 is 2.07 bits per heavy atom. The fraction of sp³-hybridized carbons (Fsp3) is 0.739. The maximum atomic E-state index is 12.0. The van der Waals surface area contributed by atoms with Gasteiger partial charge < -0.3 is 19.4 Å². The van der Waals surface area contributed by atoms with Crippen LogP contribution in [0.1, 0.15) is 67.2 Å². The molecule has 3 unspecified atom stereocenters. The van der Waals surface area contributed by atoms with Gasteiger partial charge in [0.05, 0.1) is 12.7 Å². The molecule has 0 aliphatic rings. The summed E-state index contributed by atoms with van der Waals surface area (Å²) in [5.41, 5.74) is -0.384. The van der Waals surface area contributed by atoms with Gasteiger partial charge in [-0.1, -0.05) is 76.8 Å². The van der Waals surface area contributed by atoms with E-state index in [9.17, 15) is 15.0 Å². The van der Waals surface area contributed by atoms with Gasteiger partial charge in [0.15, 0.2) is 0 Å². The number of aliphatic hydroxyl groups excluding tert-OH is 2. The molecule has 6 heteroatoms. The zero-order chi connectivity index (χ0) is 22.3. The van der Waals surface area contributed by atoms with Crippen molar-refractivity contribution in [1.82, 2.24) is 0 Å². The van der Waals surface area contributed by atoms with E-state index in [0.717, 1.165) is 30.5 Å². The van der Waals surface area contributed by atoms with Crippen molar-refractivity contribution in [2.75, 3.05) is 6.61 Å². The minimum atomic E-state index is -2.95. The molecule has 3 atom stereocenters. The van der Waals surface area contributed by atoms with Gasteiger partial charge in [-0.3, -0.25) is 0 Å². The molecule has 168 valence electrons. The molecule has 0 aromatic heterocycles. The Balaban J connectivity index is 3.49. The Hall–Kier alpha value is -0.506. The van der Waals surface area contributed by atoms with Gasteiger partial charge in [0.2, 0.25) is 16.6 Å². The summed E-state index contributed by atoms with van der Waals surface area (Å²) in [6.45, 7) is 14.4. The third kappa shape index (κ3) is 6.74. The van der Waals surface area contributed by atoms with Crippen molar-refractivity contribution in [3.05, 3.63) is 30.3 Å². The summed E-state index contributed by atoms with van der Waals surface area (Å²) in [6.07, 6.45) is 3.66. The lowest BCUT2D eigenvalue weighted by molar-refractivity contribution is 0.0797. The predicted octanol–water partition coefficient (Wildman–Crippen LogP) is 4.47. The number of hydrogen-bond acceptors (Lipinski definition) is 4. The summed E-state index contributed by atoms with van der Waals surface area (Å²) >= 11 is 0. The molecule has 1 aromatic carbocycles. The molecule has 29 heavy (non-hydrogen) atoms. The van der Waals surface area contributed by atoms with Crippen LogP contribution < -0.4 is 5.19 Å². The van der Waals surface area contributed by atoms with E-state index in [-0.39, 0.29) is 12.2 Å². The first kappa shape index (κ1) is 26.5. The van der Waals surface area contributed by atoms with E-state index >= 15 is 0 Å². The van der Waals surface area contributed by atoms with E-state index in [2.05, 4.69) is 41.5 Å². The fourth-order valence-corrected chi connectivity index (χ4v) is 15.4. The second-order valence-corrected chi connectivity index (χ2v) is 18.9. The van der Waals surface area contributed by atoms with Gasteiger partial charge in [-0.2, -0.15) is 0 Å². The van der Waals surface area contributed by atoms with Gasteiger partial charge in [-0.25, -0.2) is 0 Å².